The number of hydrogen-bond donors (Lipinski definition) is 2. The number of ether oxygens (including phenoxy) is 1. The van der Waals surface area contributed by atoms with Gasteiger partial charge in [0.25, 0.3) is 0 Å². The first kappa shape index (κ1) is 14.2. The van der Waals surface area contributed by atoms with E-state index in [-0.39, 0.29) is 12.5 Å². The molecule has 1 aliphatic heterocycles. The van der Waals surface area contributed by atoms with Crippen LogP contribution >= 0.6 is 11.6 Å². The summed E-state index contributed by atoms with van der Waals surface area (Å²) in [5, 5.41) is 12.8. The molecule has 1 aromatic carbocycles. The molecule has 1 atom stereocenters. The highest BCUT2D eigenvalue weighted by molar-refractivity contribution is 6.30. The zero-order valence-electron chi connectivity index (χ0n) is 10.9. The molecular weight excluding hydrogens is 266 g/mol. The van der Waals surface area contributed by atoms with Crippen LogP contribution in [0.25, 0.3) is 0 Å². The number of carboxylic acid groups (broad SMARTS) is 1. The van der Waals surface area contributed by atoms with Crippen molar-refractivity contribution >= 4 is 17.6 Å². The highest BCUT2D eigenvalue weighted by atomic mass is 35.5. The third-order valence-electron chi connectivity index (χ3n) is 3.32. The second-order valence-corrected chi connectivity index (χ2v) is 5.17. The average molecular weight is 284 g/mol. The van der Waals surface area contributed by atoms with E-state index in [0.717, 1.165) is 29.7 Å². The second-order valence-electron chi connectivity index (χ2n) is 4.74. The van der Waals surface area contributed by atoms with Crippen LogP contribution < -0.4 is 10.1 Å². The zero-order valence-corrected chi connectivity index (χ0v) is 11.7. The Labute approximate surface area is 117 Å². The minimum Gasteiger partial charge on any atom is -0.493 e. The molecule has 1 aliphatic rings. The molecule has 0 saturated heterocycles. The second kappa shape index (κ2) is 6.26. The lowest BCUT2D eigenvalue weighted by molar-refractivity contribution is -0.137. The summed E-state index contributed by atoms with van der Waals surface area (Å²) >= 11 is 6.08. The molecule has 0 amide bonds. The Balaban J connectivity index is 2.05. The zero-order chi connectivity index (χ0) is 13.8. The molecule has 0 aliphatic carbocycles. The number of hydrogen-bond acceptors (Lipinski definition) is 3. The third-order valence-corrected chi connectivity index (χ3v) is 3.54. The monoisotopic (exact) mass is 283 g/mol. The highest BCUT2D eigenvalue weighted by Crippen LogP contribution is 2.32. The van der Waals surface area contributed by atoms with Crippen LogP contribution in [0.4, 0.5) is 0 Å². The topological polar surface area (TPSA) is 58.6 Å². The lowest BCUT2D eigenvalue weighted by Crippen LogP contribution is -2.30. The molecule has 4 nitrogen and oxygen atoms in total. The maximum absolute atomic E-state index is 10.7. The van der Waals surface area contributed by atoms with Gasteiger partial charge in [-0.15, -0.1) is 0 Å². The van der Waals surface area contributed by atoms with Crippen molar-refractivity contribution in [3.8, 4) is 5.75 Å². The van der Waals surface area contributed by atoms with E-state index in [1.165, 1.54) is 0 Å². The summed E-state index contributed by atoms with van der Waals surface area (Å²) in [7, 11) is 0. The van der Waals surface area contributed by atoms with Crippen molar-refractivity contribution in [1.82, 2.24) is 5.32 Å². The third kappa shape index (κ3) is 3.61. The molecule has 5 heteroatoms. The molecule has 0 radical (unpaired) electrons. The van der Waals surface area contributed by atoms with E-state index in [0.29, 0.717) is 18.2 Å². The molecule has 0 saturated carbocycles. The van der Waals surface area contributed by atoms with Gasteiger partial charge in [0.2, 0.25) is 0 Å². The number of carbonyl (C=O) groups is 1. The van der Waals surface area contributed by atoms with Gasteiger partial charge in [0.15, 0.2) is 0 Å². The van der Waals surface area contributed by atoms with Crippen LogP contribution in [-0.4, -0.2) is 23.7 Å². The Morgan fingerprint density at radius 2 is 2.37 bits per heavy atom. The molecular formula is C14H18ClNO3. The Morgan fingerprint density at radius 1 is 1.58 bits per heavy atom. The van der Waals surface area contributed by atoms with E-state index in [9.17, 15) is 4.79 Å². The Kier molecular flexibility index (Phi) is 4.66. The molecule has 19 heavy (non-hydrogen) atoms. The van der Waals surface area contributed by atoms with Gasteiger partial charge in [0, 0.05) is 29.6 Å². The van der Waals surface area contributed by atoms with Gasteiger partial charge in [-0.1, -0.05) is 18.5 Å². The lowest BCUT2D eigenvalue weighted by Gasteiger charge is -2.16. The Bertz CT molecular complexity index is 476. The first-order valence-corrected chi connectivity index (χ1v) is 6.87. The predicted molar refractivity (Wildman–Crippen MR) is 73.8 cm³/mol. The van der Waals surface area contributed by atoms with Crippen molar-refractivity contribution in [3.63, 3.8) is 0 Å². The van der Waals surface area contributed by atoms with Crippen molar-refractivity contribution in [1.29, 1.82) is 0 Å². The van der Waals surface area contributed by atoms with Gasteiger partial charge in [0.05, 0.1) is 13.0 Å². The van der Waals surface area contributed by atoms with Crippen LogP contribution in [0.5, 0.6) is 5.75 Å². The van der Waals surface area contributed by atoms with Gasteiger partial charge >= 0.3 is 5.97 Å². The van der Waals surface area contributed by atoms with Crippen molar-refractivity contribution in [2.24, 2.45) is 0 Å². The summed E-state index contributed by atoms with van der Waals surface area (Å²) in [6.45, 7) is 3.24. The largest absolute Gasteiger partial charge is 0.493 e. The quantitative estimate of drug-likeness (QED) is 0.843. The fourth-order valence-corrected chi connectivity index (χ4v) is 2.57. The summed E-state index contributed by atoms with van der Waals surface area (Å²) in [5.74, 6) is 0.119. The summed E-state index contributed by atoms with van der Waals surface area (Å²) in [6.07, 6.45) is 1.78. The normalized spacial score (nSPS) is 14.8. The van der Waals surface area contributed by atoms with Crippen LogP contribution in [0.15, 0.2) is 12.1 Å². The molecule has 0 bridgehead atoms. The molecule has 1 heterocycles. The molecule has 1 aromatic rings. The van der Waals surface area contributed by atoms with Crippen LogP contribution in [0, 0.1) is 0 Å². The van der Waals surface area contributed by atoms with E-state index in [2.05, 4.69) is 5.32 Å². The van der Waals surface area contributed by atoms with Gasteiger partial charge in [-0.3, -0.25) is 4.79 Å². The summed E-state index contributed by atoms with van der Waals surface area (Å²) in [6, 6.07) is 3.78. The molecule has 2 rings (SSSR count). The smallest absolute Gasteiger partial charge is 0.304 e. The van der Waals surface area contributed by atoms with Crippen LogP contribution in [0.3, 0.4) is 0 Å². The van der Waals surface area contributed by atoms with E-state index < -0.39 is 5.97 Å². The average Bonchev–Trinajstić information content (AvgIpc) is 2.81. The van der Waals surface area contributed by atoms with Gasteiger partial charge in [0.1, 0.15) is 5.75 Å². The number of rotatable bonds is 6. The van der Waals surface area contributed by atoms with E-state index >= 15 is 0 Å². The Morgan fingerprint density at radius 3 is 3.05 bits per heavy atom. The van der Waals surface area contributed by atoms with Gasteiger partial charge < -0.3 is 15.2 Å². The number of halogens is 1. The van der Waals surface area contributed by atoms with E-state index in [1.807, 2.05) is 19.1 Å². The maximum atomic E-state index is 10.7. The van der Waals surface area contributed by atoms with Crippen LogP contribution in [0.1, 0.15) is 30.9 Å². The molecule has 0 spiro atoms. The van der Waals surface area contributed by atoms with E-state index in [4.69, 9.17) is 21.4 Å². The number of aliphatic carboxylic acids is 1. The minimum atomic E-state index is -0.785. The SMILES string of the molecule is CC[C@H](CC(=O)O)NCc1cc(Cl)cc2c1OCC2. The van der Waals surface area contributed by atoms with Crippen molar-refractivity contribution in [2.75, 3.05) is 6.61 Å². The molecule has 0 aromatic heterocycles. The van der Waals surface area contributed by atoms with Crippen molar-refractivity contribution in [2.45, 2.75) is 38.8 Å². The lowest BCUT2D eigenvalue weighted by atomic mass is 10.1. The molecule has 104 valence electrons. The highest BCUT2D eigenvalue weighted by Gasteiger charge is 2.18. The minimum absolute atomic E-state index is 0.0338. The standard InChI is InChI=1S/C14H18ClNO3/c1-2-12(7-13(17)18)16-8-10-6-11(15)5-9-3-4-19-14(9)10/h5-6,12,16H,2-4,7-8H2,1H3,(H,17,18)/t12-/m1/s1. The first-order valence-electron chi connectivity index (χ1n) is 6.49. The van der Waals surface area contributed by atoms with Gasteiger partial charge in [-0.05, 0) is 24.1 Å². The van der Waals surface area contributed by atoms with Crippen LogP contribution in [0.2, 0.25) is 5.02 Å². The summed E-state index contributed by atoms with van der Waals surface area (Å²) in [4.78, 5) is 10.7. The van der Waals surface area contributed by atoms with E-state index in [1.54, 1.807) is 0 Å². The molecule has 0 fully saturated rings. The fourth-order valence-electron chi connectivity index (χ4n) is 2.30. The van der Waals surface area contributed by atoms with Gasteiger partial charge in [-0.2, -0.15) is 0 Å². The summed E-state index contributed by atoms with van der Waals surface area (Å²) < 4.78 is 5.62. The maximum Gasteiger partial charge on any atom is 0.304 e. The number of benzene rings is 1. The number of carboxylic acids is 1. The first-order chi connectivity index (χ1) is 9.10. The number of fused-ring (bicyclic) bond motifs is 1. The van der Waals surface area contributed by atoms with Gasteiger partial charge in [-0.25, -0.2) is 0 Å². The van der Waals surface area contributed by atoms with Crippen LogP contribution in [-0.2, 0) is 17.8 Å². The molecule has 0 unspecified atom stereocenters. The van der Waals surface area contributed by atoms with Crippen molar-refractivity contribution in [3.05, 3.63) is 28.3 Å². The summed E-state index contributed by atoms with van der Waals surface area (Å²) in [5.41, 5.74) is 2.14. The number of nitrogens with one attached hydrogen (secondary N) is 1. The molecule has 2 N–H and O–H groups in total. The predicted octanol–water partition coefficient (Wildman–Crippen LogP) is 2.62. The fraction of sp³-hybridized carbons (Fsp3) is 0.500. The van der Waals surface area contributed by atoms with Crippen molar-refractivity contribution < 1.29 is 14.6 Å². The Hall–Kier alpha value is -1.26.